The Kier molecular flexibility index (Phi) is 5.68. The number of nitrogens with one attached hydrogen (secondary N) is 2. The van der Waals surface area contributed by atoms with Crippen LogP contribution in [0.15, 0.2) is 47.4 Å². The van der Waals surface area contributed by atoms with Gasteiger partial charge in [-0.05, 0) is 67.8 Å². The number of ether oxygens (including phenoxy) is 2. The van der Waals surface area contributed by atoms with Crippen LogP contribution in [0.1, 0.15) is 18.4 Å². The molecule has 1 aliphatic rings. The predicted molar refractivity (Wildman–Crippen MR) is 102 cm³/mol. The smallest absolute Gasteiger partial charge is 0.261 e. The van der Waals surface area contributed by atoms with E-state index in [4.69, 9.17) is 9.47 Å². The van der Waals surface area contributed by atoms with Crippen molar-refractivity contribution < 1.29 is 17.9 Å². The van der Waals surface area contributed by atoms with Crippen LogP contribution >= 0.6 is 0 Å². The van der Waals surface area contributed by atoms with Gasteiger partial charge in [-0.2, -0.15) is 0 Å². The molecular weight excluding hydrogens is 352 g/mol. The van der Waals surface area contributed by atoms with Gasteiger partial charge in [-0.3, -0.25) is 4.72 Å². The lowest BCUT2D eigenvalue weighted by Crippen LogP contribution is -2.18. The number of sulfonamides is 1. The Morgan fingerprint density at radius 1 is 1.15 bits per heavy atom. The lowest BCUT2D eigenvalue weighted by atomic mass is 10.2. The minimum absolute atomic E-state index is 0.205. The summed E-state index contributed by atoms with van der Waals surface area (Å²) in [5.74, 6) is 0.658. The van der Waals surface area contributed by atoms with Crippen molar-refractivity contribution in [2.24, 2.45) is 0 Å². The highest BCUT2D eigenvalue weighted by Crippen LogP contribution is 2.24. The maximum atomic E-state index is 12.6. The molecule has 3 rings (SSSR count). The monoisotopic (exact) mass is 376 g/mol. The summed E-state index contributed by atoms with van der Waals surface area (Å²) >= 11 is 0. The summed E-state index contributed by atoms with van der Waals surface area (Å²) in [6.07, 6.45) is 2.44. The van der Waals surface area contributed by atoms with E-state index in [0.29, 0.717) is 11.4 Å². The van der Waals surface area contributed by atoms with E-state index in [1.54, 1.807) is 31.4 Å². The summed E-state index contributed by atoms with van der Waals surface area (Å²) in [6, 6.07) is 12.0. The molecule has 6 nitrogen and oxygen atoms in total. The van der Waals surface area contributed by atoms with Crippen molar-refractivity contribution in [3.63, 3.8) is 0 Å². The summed E-state index contributed by atoms with van der Waals surface area (Å²) in [4.78, 5) is 0.205. The molecule has 140 valence electrons. The molecule has 2 N–H and O–H groups in total. The zero-order chi connectivity index (χ0) is 18.6. The van der Waals surface area contributed by atoms with Crippen molar-refractivity contribution in [2.75, 3.05) is 30.3 Å². The van der Waals surface area contributed by atoms with E-state index < -0.39 is 10.0 Å². The maximum Gasteiger partial charge on any atom is 0.261 e. The van der Waals surface area contributed by atoms with Crippen LogP contribution in [0.4, 0.5) is 11.4 Å². The maximum absolute atomic E-state index is 12.6. The SMILES string of the molecule is COc1ccc(S(=O)(=O)Nc2ccc(NCC3CCCO3)cc2)cc1C. The summed E-state index contributed by atoms with van der Waals surface area (Å²) in [7, 11) is -2.09. The van der Waals surface area contributed by atoms with E-state index in [2.05, 4.69) is 10.0 Å². The third-order valence-corrected chi connectivity index (χ3v) is 5.75. The van der Waals surface area contributed by atoms with Crippen molar-refractivity contribution in [3.8, 4) is 5.75 Å². The largest absolute Gasteiger partial charge is 0.496 e. The lowest BCUT2D eigenvalue weighted by Gasteiger charge is -2.13. The Balaban J connectivity index is 1.64. The average molecular weight is 376 g/mol. The number of hydrogen-bond acceptors (Lipinski definition) is 5. The van der Waals surface area contributed by atoms with Crippen LogP contribution < -0.4 is 14.8 Å². The molecule has 0 radical (unpaired) electrons. The second-order valence-electron chi connectivity index (χ2n) is 6.33. The van der Waals surface area contributed by atoms with Crippen LogP contribution in [-0.2, 0) is 14.8 Å². The first-order chi connectivity index (χ1) is 12.5. The zero-order valence-electron chi connectivity index (χ0n) is 15.0. The number of benzene rings is 2. The molecular formula is C19H24N2O4S. The highest BCUT2D eigenvalue weighted by Gasteiger charge is 2.16. The predicted octanol–water partition coefficient (Wildman–Crippen LogP) is 3.40. The van der Waals surface area contributed by atoms with Crippen molar-refractivity contribution >= 4 is 21.4 Å². The van der Waals surface area contributed by atoms with Crippen LogP contribution in [-0.4, -0.2) is 34.8 Å². The van der Waals surface area contributed by atoms with E-state index in [1.165, 1.54) is 6.07 Å². The second-order valence-corrected chi connectivity index (χ2v) is 8.01. The van der Waals surface area contributed by atoms with Gasteiger partial charge in [0.25, 0.3) is 10.0 Å². The standard InChI is InChI=1S/C19H24N2O4S/c1-14-12-18(9-10-19(14)24-2)26(22,23)21-16-7-5-15(6-8-16)20-13-17-4-3-11-25-17/h5-10,12,17,20-21H,3-4,11,13H2,1-2H3. The highest BCUT2D eigenvalue weighted by molar-refractivity contribution is 7.92. The number of rotatable bonds is 7. The van der Waals surface area contributed by atoms with Crippen molar-refractivity contribution in [2.45, 2.75) is 30.8 Å². The van der Waals surface area contributed by atoms with Crippen molar-refractivity contribution in [3.05, 3.63) is 48.0 Å². The Morgan fingerprint density at radius 3 is 2.50 bits per heavy atom. The van der Waals surface area contributed by atoms with Gasteiger partial charge in [-0.1, -0.05) is 0 Å². The van der Waals surface area contributed by atoms with Gasteiger partial charge < -0.3 is 14.8 Å². The molecule has 0 bridgehead atoms. The Morgan fingerprint density at radius 2 is 1.88 bits per heavy atom. The summed E-state index contributed by atoms with van der Waals surface area (Å²) in [5, 5.41) is 3.31. The van der Waals surface area contributed by atoms with Crippen molar-refractivity contribution in [1.29, 1.82) is 0 Å². The normalized spacial score (nSPS) is 17.1. The molecule has 0 spiro atoms. The van der Waals surface area contributed by atoms with Gasteiger partial charge in [0.2, 0.25) is 0 Å². The van der Waals surface area contributed by atoms with Gasteiger partial charge in [0.1, 0.15) is 5.75 Å². The minimum Gasteiger partial charge on any atom is -0.496 e. The molecule has 2 aromatic carbocycles. The molecule has 0 saturated carbocycles. The fourth-order valence-corrected chi connectivity index (χ4v) is 4.07. The molecule has 0 aromatic heterocycles. The van der Waals surface area contributed by atoms with Gasteiger partial charge in [0.15, 0.2) is 0 Å². The van der Waals surface area contributed by atoms with Crippen molar-refractivity contribution in [1.82, 2.24) is 0 Å². The number of aryl methyl sites for hydroxylation is 1. The molecule has 2 aromatic rings. The molecule has 1 saturated heterocycles. The van der Waals surface area contributed by atoms with Crippen LogP contribution in [0, 0.1) is 6.92 Å². The van der Waals surface area contributed by atoms with Crippen LogP contribution in [0.2, 0.25) is 0 Å². The van der Waals surface area contributed by atoms with Gasteiger partial charge in [-0.15, -0.1) is 0 Å². The topological polar surface area (TPSA) is 76.7 Å². The molecule has 1 heterocycles. The third-order valence-electron chi connectivity index (χ3n) is 4.37. The average Bonchev–Trinajstić information content (AvgIpc) is 3.14. The first kappa shape index (κ1) is 18.5. The number of hydrogen-bond donors (Lipinski definition) is 2. The Bertz CT molecular complexity index is 844. The summed E-state index contributed by atoms with van der Waals surface area (Å²) < 4.78 is 38.5. The quantitative estimate of drug-likeness (QED) is 0.775. The first-order valence-electron chi connectivity index (χ1n) is 8.61. The van der Waals surface area contributed by atoms with Crippen LogP contribution in [0.5, 0.6) is 5.75 Å². The van der Waals surface area contributed by atoms with E-state index in [1.807, 2.05) is 19.1 Å². The minimum atomic E-state index is -3.64. The van der Waals surface area contributed by atoms with Gasteiger partial charge in [0, 0.05) is 24.5 Å². The molecule has 1 unspecified atom stereocenters. The highest BCUT2D eigenvalue weighted by atomic mass is 32.2. The molecule has 26 heavy (non-hydrogen) atoms. The molecule has 1 atom stereocenters. The van der Waals surface area contributed by atoms with E-state index in [-0.39, 0.29) is 11.0 Å². The second kappa shape index (κ2) is 7.97. The molecule has 0 aliphatic carbocycles. The van der Waals surface area contributed by atoms with E-state index in [0.717, 1.165) is 37.2 Å². The summed E-state index contributed by atoms with van der Waals surface area (Å²) in [6.45, 7) is 3.40. The van der Waals surface area contributed by atoms with Crippen LogP contribution in [0.25, 0.3) is 0 Å². The molecule has 1 aliphatic heterocycles. The number of methoxy groups -OCH3 is 1. The van der Waals surface area contributed by atoms with Gasteiger partial charge in [-0.25, -0.2) is 8.42 Å². The zero-order valence-corrected chi connectivity index (χ0v) is 15.8. The number of anilines is 2. The fraction of sp³-hybridized carbons (Fsp3) is 0.368. The molecule has 7 heteroatoms. The van der Waals surface area contributed by atoms with Crippen LogP contribution in [0.3, 0.4) is 0 Å². The lowest BCUT2D eigenvalue weighted by molar-refractivity contribution is 0.120. The van der Waals surface area contributed by atoms with E-state index in [9.17, 15) is 8.42 Å². The third kappa shape index (κ3) is 4.47. The first-order valence-corrected chi connectivity index (χ1v) is 10.1. The van der Waals surface area contributed by atoms with Gasteiger partial charge in [0.05, 0.1) is 18.1 Å². The van der Waals surface area contributed by atoms with Gasteiger partial charge >= 0.3 is 0 Å². The Labute approximate surface area is 154 Å². The Hall–Kier alpha value is -2.25. The van der Waals surface area contributed by atoms with E-state index >= 15 is 0 Å². The fourth-order valence-electron chi connectivity index (χ4n) is 2.93. The molecule has 1 fully saturated rings. The molecule has 0 amide bonds. The summed E-state index contributed by atoms with van der Waals surface area (Å²) in [5.41, 5.74) is 2.22.